The van der Waals surface area contributed by atoms with Gasteiger partial charge in [0.05, 0.1) is 41.9 Å². The molecule has 7 nitrogen and oxygen atoms in total. The summed E-state index contributed by atoms with van der Waals surface area (Å²) in [5.41, 5.74) is 17.4. The van der Waals surface area contributed by atoms with Crippen LogP contribution in [0.5, 0.6) is 0 Å². The van der Waals surface area contributed by atoms with Gasteiger partial charge < -0.3 is 14.8 Å². The number of rotatable bonds is 6. The minimum Gasteiger partial charge on any atom is -0.516 e. The Balaban J connectivity index is 1.65. The summed E-state index contributed by atoms with van der Waals surface area (Å²) in [6, 6.07) is 0. The summed E-state index contributed by atoms with van der Waals surface area (Å²) >= 11 is 0. The minimum absolute atomic E-state index is 0.0239. The van der Waals surface area contributed by atoms with Crippen LogP contribution in [0.4, 0.5) is 0 Å². The summed E-state index contributed by atoms with van der Waals surface area (Å²) in [5, 5.41) is 9.72. The molecule has 1 saturated carbocycles. The molecule has 0 unspecified atom stereocenters. The number of allylic oxidation sites excluding steroid dienone is 9. The van der Waals surface area contributed by atoms with Crippen LogP contribution in [-0.2, 0) is 16.0 Å². The molecule has 0 aromatic carbocycles. The van der Waals surface area contributed by atoms with Crippen molar-refractivity contribution in [1.29, 1.82) is 0 Å². The zero-order chi connectivity index (χ0) is 31.3. The molecule has 5 heterocycles. The van der Waals surface area contributed by atoms with Crippen LogP contribution in [0.2, 0.25) is 0 Å². The molecule has 0 amide bonds. The minimum atomic E-state index is -0.216. The largest absolute Gasteiger partial charge is 0.516 e. The number of nitrogens with zero attached hydrogens (tertiary/aromatic N) is 3. The van der Waals surface area contributed by atoms with Crippen LogP contribution in [0.3, 0.4) is 0 Å². The van der Waals surface area contributed by atoms with Gasteiger partial charge in [0.25, 0.3) is 0 Å². The number of aliphatic imine (C=N–C) groups is 3. The Morgan fingerprint density at radius 1 is 1.00 bits per heavy atom. The Hall–Kier alpha value is -4.26. The lowest BCUT2D eigenvalue weighted by Crippen LogP contribution is -2.22. The molecule has 5 aliphatic rings. The van der Waals surface area contributed by atoms with Gasteiger partial charge in [0, 0.05) is 46.5 Å². The number of aliphatic hydroxyl groups is 1. The first-order chi connectivity index (χ1) is 21.2. The van der Waals surface area contributed by atoms with Crippen LogP contribution in [-0.4, -0.2) is 40.3 Å². The van der Waals surface area contributed by atoms with E-state index in [1.807, 2.05) is 6.08 Å². The molecular weight excluding hydrogens is 548 g/mol. The number of methoxy groups -OCH3 is 1. The van der Waals surface area contributed by atoms with E-state index in [1.54, 1.807) is 6.08 Å². The molecule has 1 aliphatic carbocycles. The van der Waals surface area contributed by atoms with Crippen molar-refractivity contribution in [3.05, 3.63) is 91.5 Å². The zero-order valence-corrected chi connectivity index (χ0v) is 26.9. The third kappa shape index (κ3) is 4.73. The maximum atomic E-state index is 12.3. The highest BCUT2D eigenvalue weighted by Gasteiger charge is 2.41. The second kappa shape index (κ2) is 11.7. The lowest BCUT2D eigenvalue weighted by atomic mass is 9.81. The molecule has 2 atom stereocenters. The zero-order valence-electron chi connectivity index (χ0n) is 26.9. The average Bonchev–Trinajstić information content (AvgIpc) is 3.79. The van der Waals surface area contributed by atoms with Crippen LogP contribution in [0.25, 0.3) is 12.2 Å². The van der Waals surface area contributed by atoms with E-state index in [2.05, 4.69) is 58.7 Å². The van der Waals surface area contributed by atoms with E-state index >= 15 is 0 Å². The number of carbonyl (C=O) groups is 1. The lowest BCUT2D eigenvalue weighted by molar-refractivity contribution is -0.140. The van der Waals surface area contributed by atoms with Crippen LogP contribution >= 0.6 is 0 Å². The highest BCUT2D eigenvalue weighted by Crippen LogP contribution is 2.47. The monoisotopic (exact) mass is 590 g/mol. The van der Waals surface area contributed by atoms with E-state index in [0.717, 1.165) is 88.7 Å². The summed E-state index contributed by atoms with van der Waals surface area (Å²) in [7, 11) is 1.44. The number of ether oxygens (including phenoxy) is 1. The van der Waals surface area contributed by atoms with E-state index in [0.29, 0.717) is 12.8 Å². The van der Waals surface area contributed by atoms with Crippen molar-refractivity contribution in [2.45, 2.75) is 80.1 Å². The van der Waals surface area contributed by atoms with E-state index in [1.165, 1.54) is 40.5 Å². The number of H-pyrrole nitrogens is 1. The second-order valence-corrected chi connectivity index (χ2v) is 12.2. The third-order valence-electron chi connectivity index (χ3n) is 10.0. The van der Waals surface area contributed by atoms with Crippen molar-refractivity contribution in [2.75, 3.05) is 7.11 Å². The van der Waals surface area contributed by atoms with Gasteiger partial charge in [0.1, 0.15) is 0 Å². The molecule has 1 aromatic heterocycles. The number of hydrogen-bond acceptors (Lipinski definition) is 6. The predicted octanol–water partition coefficient (Wildman–Crippen LogP) is 8.24. The first kappa shape index (κ1) is 29.8. The summed E-state index contributed by atoms with van der Waals surface area (Å²) in [6.45, 7) is 13.1. The van der Waals surface area contributed by atoms with Crippen LogP contribution in [0.1, 0.15) is 89.2 Å². The normalized spacial score (nSPS) is 23.6. The van der Waals surface area contributed by atoms with Gasteiger partial charge >= 0.3 is 5.97 Å². The maximum Gasteiger partial charge on any atom is 0.305 e. The van der Waals surface area contributed by atoms with Crippen LogP contribution < -0.4 is 0 Å². The van der Waals surface area contributed by atoms with Crippen LogP contribution in [0, 0.1) is 18.8 Å². The number of hydrogen-bond donors (Lipinski definition) is 2. The third-order valence-corrected chi connectivity index (χ3v) is 10.0. The molecule has 0 radical (unpaired) electrons. The summed E-state index contributed by atoms with van der Waals surface area (Å²) in [6.07, 6.45) is 13.5. The molecule has 2 N–H and O–H groups in total. The molecule has 6 rings (SSSR count). The molecule has 0 spiro atoms. The van der Waals surface area contributed by atoms with E-state index in [4.69, 9.17) is 19.7 Å². The van der Waals surface area contributed by atoms with E-state index in [9.17, 15) is 9.90 Å². The average molecular weight is 591 g/mol. The Morgan fingerprint density at radius 3 is 2.43 bits per heavy atom. The van der Waals surface area contributed by atoms with Crippen molar-refractivity contribution in [3.8, 4) is 0 Å². The molecule has 1 aromatic rings. The highest BCUT2D eigenvalue weighted by molar-refractivity contribution is 6.33. The van der Waals surface area contributed by atoms with Gasteiger partial charge in [-0.2, -0.15) is 0 Å². The standard InChI is InChI=1S/C37H42N4O3/c1-8-23-19(3)29-17-32-24(9-2)21(5)34(40-32)27(11-10-16-42)35-22(6)26(14-15-33(43)44-7)37(41-35)28-13-12-25-20(4)30(39-36(25)28)18-31(23)38-29/h10-11,16-18,22,26,38,42H,8-9,12-15H2,1-7H3/t22-,26-/m0/s1. The Kier molecular flexibility index (Phi) is 7.91. The summed E-state index contributed by atoms with van der Waals surface area (Å²) in [4.78, 5) is 32.0. The first-order valence-electron chi connectivity index (χ1n) is 15.9. The fraction of sp³-hybridized carbons (Fsp3) is 0.405. The van der Waals surface area contributed by atoms with Gasteiger partial charge in [-0.3, -0.25) is 9.79 Å². The fourth-order valence-corrected chi connectivity index (χ4v) is 7.55. The molecule has 44 heavy (non-hydrogen) atoms. The quantitative estimate of drug-likeness (QED) is 0.258. The molecule has 8 bridgehead atoms. The number of aromatic amines is 1. The topological polar surface area (TPSA) is 99.4 Å². The Morgan fingerprint density at radius 2 is 1.73 bits per heavy atom. The molecular formula is C37H42N4O3. The fourth-order valence-electron chi connectivity index (χ4n) is 7.55. The number of fused-ring (bicyclic) bond motifs is 5. The number of nitrogens with one attached hydrogen (secondary N) is 1. The lowest BCUT2D eigenvalue weighted by Gasteiger charge is -2.20. The second-order valence-electron chi connectivity index (χ2n) is 12.2. The molecule has 1 fully saturated rings. The number of aliphatic hydroxyl groups excluding tert-OH is 1. The predicted molar refractivity (Wildman–Crippen MR) is 179 cm³/mol. The summed E-state index contributed by atoms with van der Waals surface area (Å²) < 4.78 is 5.03. The molecule has 4 aliphatic heterocycles. The van der Waals surface area contributed by atoms with Gasteiger partial charge in [-0.15, -0.1) is 0 Å². The molecule has 0 saturated heterocycles. The maximum absolute atomic E-state index is 12.3. The van der Waals surface area contributed by atoms with Crippen molar-refractivity contribution < 1.29 is 14.6 Å². The van der Waals surface area contributed by atoms with Gasteiger partial charge in [-0.25, -0.2) is 9.98 Å². The smallest absolute Gasteiger partial charge is 0.305 e. The number of aromatic nitrogens is 1. The van der Waals surface area contributed by atoms with E-state index < -0.39 is 0 Å². The van der Waals surface area contributed by atoms with Crippen LogP contribution in [0.15, 0.2) is 83.9 Å². The van der Waals surface area contributed by atoms with Gasteiger partial charge in [-0.05, 0) is 111 Å². The molecule has 7 heteroatoms. The van der Waals surface area contributed by atoms with Crippen molar-refractivity contribution in [3.63, 3.8) is 0 Å². The number of carbonyl (C=O) groups excluding carboxylic acids is 1. The first-order valence-corrected chi connectivity index (χ1v) is 15.9. The molecule has 228 valence electrons. The Bertz CT molecular complexity index is 1780. The highest BCUT2D eigenvalue weighted by atomic mass is 16.5. The Labute approximate surface area is 260 Å². The van der Waals surface area contributed by atoms with Gasteiger partial charge in [0.2, 0.25) is 0 Å². The SMILES string of the molecule is CCC1=C(C)C2=NC1=Cc1[nH]c(c(CC)c1C)C=C1N=C3C(=C1C)CCC3=C1N=C(C2=CC=CO)[C@@H](C)[C@@H]1CCC(=O)OC. The van der Waals surface area contributed by atoms with E-state index in [-0.39, 0.29) is 17.8 Å². The number of esters is 1. The van der Waals surface area contributed by atoms with Gasteiger partial charge in [0.15, 0.2) is 0 Å². The van der Waals surface area contributed by atoms with Crippen molar-refractivity contribution in [2.24, 2.45) is 26.8 Å². The van der Waals surface area contributed by atoms with Gasteiger partial charge in [-0.1, -0.05) is 20.8 Å². The van der Waals surface area contributed by atoms with Crippen molar-refractivity contribution >= 4 is 35.3 Å². The summed E-state index contributed by atoms with van der Waals surface area (Å²) in [5.74, 6) is -0.165. The van der Waals surface area contributed by atoms with Crippen molar-refractivity contribution in [1.82, 2.24) is 4.98 Å².